The molecule has 15 nitrogen and oxygen atoms in total. The van der Waals surface area contributed by atoms with Gasteiger partial charge in [-0.1, -0.05) is 24.3 Å². The highest BCUT2D eigenvalue weighted by Gasteiger charge is 2.54. The minimum atomic E-state index is -0.928. The van der Waals surface area contributed by atoms with Gasteiger partial charge >= 0.3 is 12.1 Å². The van der Waals surface area contributed by atoms with Crippen molar-refractivity contribution in [3.8, 4) is 11.5 Å². The van der Waals surface area contributed by atoms with Gasteiger partial charge in [0.2, 0.25) is 12.0 Å². The van der Waals surface area contributed by atoms with Gasteiger partial charge in [-0.2, -0.15) is 0 Å². The number of hydrogen-bond acceptors (Lipinski definition) is 14. The van der Waals surface area contributed by atoms with E-state index < -0.39 is 30.2 Å². The van der Waals surface area contributed by atoms with Crippen LogP contribution in [0.15, 0.2) is 66.4 Å². The molecule has 15 heteroatoms. The highest BCUT2D eigenvalue weighted by atomic mass is 16.8. The van der Waals surface area contributed by atoms with Crippen LogP contribution in [0.25, 0.3) is 0 Å². The first-order valence-electron chi connectivity index (χ1n) is 15.9. The lowest BCUT2D eigenvalue weighted by Crippen LogP contribution is -2.45. The second-order valence-electron chi connectivity index (χ2n) is 11.9. The Labute approximate surface area is 284 Å². The Kier molecular flexibility index (Phi) is 9.80. The van der Waals surface area contributed by atoms with Crippen molar-refractivity contribution in [1.82, 2.24) is 15.3 Å². The number of carbonyl (C=O) groups excluding carboxylic acids is 2. The number of esters is 1. The number of alkyl carbamates (subject to hydrolysis) is 1. The Morgan fingerprint density at radius 3 is 2.47 bits per heavy atom. The van der Waals surface area contributed by atoms with Crippen molar-refractivity contribution in [3.05, 3.63) is 77.5 Å². The molecule has 2 atom stereocenters. The third-order valence-electron chi connectivity index (χ3n) is 7.91. The molecule has 1 aromatic heterocycles. The molecule has 2 aromatic carbocycles. The summed E-state index contributed by atoms with van der Waals surface area (Å²) in [6.45, 7) is 6.36. The standard InChI is InChI=1S/C34H40N6O9/c1-6-44-26(41)16-36-33(42)46-18-25-28-29(49-34(2,3)48-28)32(47-25)40-20-39(4)27-30(37-19-38-31(27)40)35-15-21-7-13-24(14-8-21)45-17-22-9-11-23(43-5)12-10-22/h7-14,19,29,32H,6,15-18,20H2,1-5H3,(H,36,42)(H,35,37,38)/t29?,32-/m1/s1. The van der Waals surface area contributed by atoms with E-state index in [4.69, 9.17) is 33.2 Å². The van der Waals surface area contributed by atoms with Crippen LogP contribution in [-0.4, -0.2) is 80.7 Å². The molecule has 1 amide bonds. The van der Waals surface area contributed by atoms with Gasteiger partial charge in [0.25, 0.3) is 0 Å². The highest BCUT2D eigenvalue weighted by molar-refractivity contribution is 5.82. The molecule has 0 spiro atoms. The van der Waals surface area contributed by atoms with Crippen LogP contribution in [0.3, 0.4) is 0 Å². The molecule has 0 radical (unpaired) electrons. The Bertz CT molecular complexity index is 1680. The minimum absolute atomic E-state index is 0.212. The van der Waals surface area contributed by atoms with Crippen molar-refractivity contribution in [3.63, 3.8) is 0 Å². The molecule has 6 rings (SSSR count). The molecule has 3 aliphatic heterocycles. The lowest BCUT2D eigenvalue weighted by atomic mass is 10.2. The summed E-state index contributed by atoms with van der Waals surface area (Å²) in [5.41, 5.74) is 2.89. The van der Waals surface area contributed by atoms with Gasteiger partial charge in [-0.25, -0.2) is 14.8 Å². The van der Waals surface area contributed by atoms with Gasteiger partial charge in [-0.05, 0) is 42.3 Å². The summed E-state index contributed by atoms with van der Waals surface area (Å²) in [7, 11) is 3.59. The number of rotatable bonds is 13. The van der Waals surface area contributed by atoms with E-state index in [1.165, 1.54) is 6.33 Å². The van der Waals surface area contributed by atoms with Crippen LogP contribution in [-0.2, 0) is 41.6 Å². The third-order valence-corrected chi connectivity index (χ3v) is 7.91. The average molecular weight is 677 g/mol. The number of nitrogens with one attached hydrogen (secondary N) is 2. The van der Waals surface area contributed by atoms with E-state index in [0.29, 0.717) is 43.0 Å². The zero-order chi connectivity index (χ0) is 34.5. The number of aromatic nitrogens is 2. The van der Waals surface area contributed by atoms with Crippen LogP contribution in [0.4, 0.5) is 22.1 Å². The first kappa shape index (κ1) is 33.5. The van der Waals surface area contributed by atoms with Gasteiger partial charge < -0.3 is 48.7 Å². The first-order chi connectivity index (χ1) is 23.6. The molecule has 3 aromatic rings. The quantitative estimate of drug-likeness (QED) is 0.252. The van der Waals surface area contributed by atoms with Crippen molar-refractivity contribution >= 4 is 29.4 Å². The van der Waals surface area contributed by atoms with Crippen LogP contribution >= 0.6 is 0 Å². The topological polar surface area (TPSA) is 155 Å². The van der Waals surface area contributed by atoms with Crippen LogP contribution < -0.4 is 29.9 Å². The van der Waals surface area contributed by atoms with Crippen molar-refractivity contribution in [1.29, 1.82) is 0 Å². The molecule has 4 heterocycles. The fourth-order valence-electron chi connectivity index (χ4n) is 5.65. The summed E-state index contributed by atoms with van der Waals surface area (Å²) < 4.78 is 39.9. The van der Waals surface area contributed by atoms with E-state index >= 15 is 0 Å². The SMILES string of the molecule is CCOC(=O)CNC(=O)OCC1=C2OC(C)(C)OC2[C@H](N2CN(C)c3c(NCc4ccc(OCc5ccc(OC)cc5)cc4)ncnc32)O1. The van der Waals surface area contributed by atoms with E-state index in [9.17, 15) is 9.59 Å². The molecule has 1 saturated heterocycles. The smallest absolute Gasteiger partial charge is 0.408 e. The summed E-state index contributed by atoms with van der Waals surface area (Å²) in [6.07, 6.45) is -0.559. The summed E-state index contributed by atoms with van der Waals surface area (Å²) in [5.74, 6) is 2.14. The van der Waals surface area contributed by atoms with Gasteiger partial charge in [0.05, 0.1) is 20.4 Å². The van der Waals surface area contributed by atoms with Crippen molar-refractivity contribution in [2.45, 2.75) is 52.0 Å². The first-order valence-corrected chi connectivity index (χ1v) is 15.9. The number of fused-ring (bicyclic) bond motifs is 2. The molecular weight excluding hydrogens is 636 g/mol. The van der Waals surface area contributed by atoms with E-state index in [1.54, 1.807) is 27.9 Å². The maximum atomic E-state index is 12.2. The number of methoxy groups -OCH3 is 1. The molecule has 49 heavy (non-hydrogen) atoms. The molecule has 0 bridgehead atoms. The fourth-order valence-corrected chi connectivity index (χ4v) is 5.65. The average Bonchev–Trinajstić information content (AvgIpc) is 3.72. The van der Waals surface area contributed by atoms with Crippen molar-refractivity contribution in [2.75, 3.05) is 55.7 Å². The number of carbonyl (C=O) groups is 2. The predicted molar refractivity (Wildman–Crippen MR) is 177 cm³/mol. The Morgan fingerprint density at radius 2 is 1.73 bits per heavy atom. The minimum Gasteiger partial charge on any atom is -0.497 e. The molecule has 0 saturated carbocycles. The number of ether oxygens (including phenoxy) is 7. The summed E-state index contributed by atoms with van der Waals surface area (Å²) in [4.78, 5) is 36.9. The van der Waals surface area contributed by atoms with Gasteiger partial charge in [-0.15, -0.1) is 0 Å². The number of benzene rings is 2. The Balaban J connectivity index is 1.08. The molecule has 1 fully saturated rings. The lowest BCUT2D eigenvalue weighted by Gasteiger charge is -2.29. The van der Waals surface area contributed by atoms with Crippen LogP contribution in [0, 0.1) is 0 Å². The third kappa shape index (κ3) is 7.67. The summed E-state index contributed by atoms with van der Waals surface area (Å²) in [5, 5.41) is 5.81. The molecule has 2 N–H and O–H groups in total. The van der Waals surface area contributed by atoms with Crippen LogP contribution in [0.1, 0.15) is 31.9 Å². The number of nitrogens with zero attached hydrogens (tertiary/aromatic N) is 4. The van der Waals surface area contributed by atoms with E-state index in [-0.39, 0.29) is 19.8 Å². The number of anilines is 3. The highest BCUT2D eigenvalue weighted by Crippen LogP contribution is 2.46. The van der Waals surface area contributed by atoms with Gasteiger partial charge in [0, 0.05) is 27.4 Å². The molecule has 260 valence electrons. The van der Waals surface area contributed by atoms with Gasteiger partial charge in [-0.3, -0.25) is 9.69 Å². The monoisotopic (exact) mass is 676 g/mol. The van der Waals surface area contributed by atoms with Crippen molar-refractivity contribution < 1.29 is 42.7 Å². The van der Waals surface area contributed by atoms with Gasteiger partial charge in [0.15, 0.2) is 35.9 Å². The second-order valence-corrected chi connectivity index (χ2v) is 11.9. The largest absolute Gasteiger partial charge is 0.497 e. The zero-order valence-electron chi connectivity index (χ0n) is 28.1. The second kappa shape index (κ2) is 14.4. The molecule has 0 aliphatic carbocycles. The summed E-state index contributed by atoms with van der Waals surface area (Å²) in [6, 6.07) is 15.7. The molecule has 3 aliphatic rings. The molecule has 1 unspecified atom stereocenters. The van der Waals surface area contributed by atoms with E-state index in [2.05, 4.69) is 20.6 Å². The maximum absolute atomic E-state index is 12.2. The van der Waals surface area contributed by atoms with Gasteiger partial charge in [0.1, 0.15) is 36.7 Å². The Morgan fingerprint density at radius 1 is 1.00 bits per heavy atom. The summed E-state index contributed by atoms with van der Waals surface area (Å²) >= 11 is 0. The van der Waals surface area contributed by atoms with Crippen LogP contribution in [0.2, 0.25) is 0 Å². The normalized spacial score (nSPS) is 18.6. The zero-order valence-corrected chi connectivity index (χ0v) is 28.1. The number of amides is 1. The lowest BCUT2D eigenvalue weighted by molar-refractivity contribution is -0.156. The Hall–Kier alpha value is -5.44. The van der Waals surface area contributed by atoms with E-state index in [1.807, 2.05) is 65.4 Å². The fraction of sp³-hybridized carbons (Fsp3) is 0.412. The van der Waals surface area contributed by atoms with Crippen LogP contribution in [0.5, 0.6) is 11.5 Å². The predicted octanol–water partition coefficient (Wildman–Crippen LogP) is 3.90. The molecular formula is C34H40N6O9. The van der Waals surface area contributed by atoms with Crippen molar-refractivity contribution in [2.24, 2.45) is 0 Å². The van der Waals surface area contributed by atoms with E-state index in [0.717, 1.165) is 28.3 Å². The maximum Gasteiger partial charge on any atom is 0.408 e. The number of hydrogen-bond donors (Lipinski definition) is 2.